The zero-order valence-electron chi connectivity index (χ0n) is 17.3. The van der Waals surface area contributed by atoms with E-state index in [1.165, 1.54) is 0 Å². The van der Waals surface area contributed by atoms with Gasteiger partial charge < -0.3 is 19.1 Å². The number of benzene rings is 1. The van der Waals surface area contributed by atoms with Gasteiger partial charge in [-0.15, -0.1) is 0 Å². The standard InChI is InChI=1S/C22H27N3O4/c1-5-6-14(2)12-25(13-17-9-15(3)24-29-17)22(27)21(26)19-11-23-20-10-16(28-4)7-8-18(19)20/h7-11,14,23H,5-6,12-13H2,1-4H3. The maximum atomic E-state index is 13.1. The molecule has 0 aliphatic carbocycles. The van der Waals surface area contributed by atoms with Gasteiger partial charge in [0.2, 0.25) is 0 Å². The Hall–Kier alpha value is -3.09. The first-order valence-corrected chi connectivity index (χ1v) is 9.83. The average molecular weight is 397 g/mol. The van der Waals surface area contributed by atoms with Crippen LogP contribution in [-0.4, -0.2) is 40.4 Å². The molecule has 2 heterocycles. The van der Waals surface area contributed by atoms with E-state index in [0.717, 1.165) is 24.1 Å². The van der Waals surface area contributed by atoms with Crippen molar-refractivity contribution in [2.24, 2.45) is 5.92 Å². The summed E-state index contributed by atoms with van der Waals surface area (Å²) in [5, 5.41) is 4.58. The summed E-state index contributed by atoms with van der Waals surface area (Å²) in [4.78, 5) is 30.8. The summed E-state index contributed by atoms with van der Waals surface area (Å²) < 4.78 is 10.5. The number of ketones is 1. The summed E-state index contributed by atoms with van der Waals surface area (Å²) in [5.74, 6) is 0.435. The fraction of sp³-hybridized carbons (Fsp3) is 0.409. The molecule has 1 N–H and O–H groups in total. The van der Waals surface area contributed by atoms with E-state index in [9.17, 15) is 9.59 Å². The van der Waals surface area contributed by atoms with Crippen LogP contribution in [0.1, 0.15) is 48.5 Å². The molecular formula is C22H27N3O4. The van der Waals surface area contributed by atoms with Crippen molar-refractivity contribution in [3.05, 3.63) is 47.5 Å². The van der Waals surface area contributed by atoms with Gasteiger partial charge in [-0.1, -0.05) is 25.4 Å². The second kappa shape index (κ2) is 8.94. The number of carbonyl (C=O) groups is 2. The van der Waals surface area contributed by atoms with E-state index in [0.29, 0.717) is 29.0 Å². The van der Waals surface area contributed by atoms with Crippen LogP contribution < -0.4 is 4.74 Å². The van der Waals surface area contributed by atoms with Gasteiger partial charge in [-0.05, 0) is 31.4 Å². The summed E-state index contributed by atoms with van der Waals surface area (Å²) in [7, 11) is 1.58. The minimum atomic E-state index is -0.543. The predicted molar refractivity (Wildman–Crippen MR) is 110 cm³/mol. The quantitative estimate of drug-likeness (QED) is 0.433. The highest BCUT2D eigenvalue weighted by atomic mass is 16.5. The van der Waals surface area contributed by atoms with Gasteiger partial charge in [-0.3, -0.25) is 9.59 Å². The molecule has 0 bridgehead atoms. The van der Waals surface area contributed by atoms with Crippen molar-refractivity contribution in [2.45, 2.75) is 40.2 Å². The zero-order valence-corrected chi connectivity index (χ0v) is 17.3. The highest BCUT2D eigenvalue weighted by Crippen LogP contribution is 2.24. The minimum Gasteiger partial charge on any atom is -0.497 e. The number of aryl methyl sites for hydroxylation is 1. The Morgan fingerprint density at radius 1 is 1.31 bits per heavy atom. The lowest BCUT2D eigenvalue weighted by molar-refractivity contribution is -0.128. The number of aromatic nitrogens is 2. The number of fused-ring (bicyclic) bond motifs is 1. The van der Waals surface area contributed by atoms with Crippen molar-refractivity contribution in [1.29, 1.82) is 0 Å². The number of aromatic amines is 1. The van der Waals surface area contributed by atoms with Gasteiger partial charge in [-0.2, -0.15) is 0 Å². The molecule has 0 radical (unpaired) electrons. The molecule has 154 valence electrons. The number of H-pyrrole nitrogens is 1. The second-order valence-electron chi connectivity index (χ2n) is 7.46. The molecule has 1 amide bonds. The molecule has 7 nitrogen and oxygen atoms in total. The molecule has 1 unspecified atom stereocenters. The van der Waals surface area contributed by atoms with Crippen LogP contribution in [-0.2, 0) is 11.3 Å². The zero-order chi connectivity index (χ0) is 21.0. The second-order valence-corrected chi connectivity index (χ2v) is 7.46. The Morgan fingerprint density at radius 2 is 2.10 bits per heavy atom. The highest BCUT2D eigenvalue weighted by molar-refractivity contribution is 6.44. The van der Waals surface area contributed by atoms with Crippen LogP contribution in [0.2, 0.25) is 0 Å². The Morgan fingerprint density at radius 3 is 2.76 bits per heavy atom. The molecule has 1 atom stereocenters. The van der Waals surface area contributed by atoms with Crippen molar-refractivity contribution >= 4 is 22.6 Å². The van der Waals surface area contributed by atoms with E-state index >= 15 is 0 Å². The molecule has 0 spiro atoms. The van der Waals surface area contributed by atoms with Gasteiger partial charge in [0.15, 0.2) is 5.76 Å². The lowest BCUT2D eigenvalue weighted by atomic mass is 10.0. The number of Topliss-reactive ketones (excluding diaryl/α,β-unsaturated/α-hetero) is 1. The molecule has 0 saturated heterocycles. The van der Waals surface area contributed by atoms with Gasteiger partial charge in [0.05, 0.1) is 24.9 Å². The van der Waals surface area contributed by atoms with E-state index in [1.54, 1.807) is 42.5 Å². The van der Waals surface area contributed by atoms with Gasteiger partial charge in [0.25, 0.3) is 11.7 Å². The molecule has 29 heavy (non-hydrogen) atoms. The number of methoxy groups -OCH3 is 1. The average Bonchev–Trinajstić information content (AvgIpc) is 3.31. The molecule has 0 saturated carbocycles. The Bertz CT molecular complexity index is 1000. The molecular weight excluding hydrogens is 370 g/mol. The minimum absolute atomic E-state index is 0.218. The maximum absolute atomic E-state index is 13.1. The summed E-state index contributed by atoms with van der Waals surface area (Å²) in [6.45, 7) is 6.71. The molecule has 3 aromatic rings. The topological polar surface area (TPSA) is 88.4 Å². The van der Waals surface area contributed by atoms with Crippen molar-refractivity contribution in [3.63, 3.8) is 0 Å². The molecule has 0 aliphatic heterocycles. The van der Waals surface area contributed by atoms with Crippen molar-refractivity contribution < 1.29 is 18.8 Å². The lowest BCUT2D eigenvalue weighted by Crippen LogP contribution is -2.38. The third-order valence-corrected chi connectivity index (χ3v) is 4.95. The number of hydrogen-bond donors (Lipinski definition) is 1. The monoisotopic (exact) mass is 397 g/mol. The third kappa shape index (κ3) is 4.67. The van der Waals surface area contributed by atoms with Crippen LogP contribution in [0.15, 0.2) is 35.0 Å². The van der Waals surface area contributed by atoms with Crippen LogP contribution in [0.5, 0.6) is 5.75 Å². The largest absolute Gasteiger partial charge is 0.497 e. The number of carbonyl (C=O) groups excluding carboxylic acids is 2. The van der Waals surface area contributed by atoms with Crippen molar-refractivity contribution in [1.82, 2.24) is 15.0 Å². The fourth-order valence-corrected chi connectivity index (χ4v) is 3.54. The van der Waals surface area contributed by atoms with E-state index in [-0.39, 0.29) is 12.5 Å². The number of hydrogen-bond acceptors (Lipinski definition) is 5. The first kappa shape index (κ1) is 20.6. The van der Waals surface area contributed by atoms with Crippen LogP contribution in [0.4, 0.5) is 0 Å². The predicted octanol–water partition coefficient (Wildman–Crippen LogP) is 4.12. The maximum Gasteiger partial charge on any atom is 0.295 e. The Labute approximate surface area is 170 Å². The van der Waals surface area contributed by atoms with Crippen LogP contribution in [0, 0.1) is 12.8 Å². The van der Waals surface area contributed by atoms with Crippen LogP contribution in [0.25, 0.3) is 10.9 Å². The van der Waals surface area contributed by atoms with Gasteiger partial charge in [0, 0.05) is 35.8 Å². The number of nitrogens with one attached hydrogen (secondary N) is 1. The SMILES string of the molecule is CCCC(C)CN(Cc1cc(C)no1)C(=O)C(=O)c1c[nH]c2cc(OC)ccc12. The fourth-order valence-electron chi connectivity index (χ4n) is 3.54. The van der Waals surface area contributed by atoms with Gasteiger partial charge in [0.1, 0.15) is 5.75 Å². The smallest absolute Gasteiger partial charge is 0.295 e. The van der Waals surface area contributed by atoms with Gasteiger partial charge in [-0.25, -0.2) is 0 Å². The number of rotatable bonds is 9. The number of nitrogens with zero attached hydrogens (tertiary/aromatic N) is 2. The van der Waals surface area contributed by atoms with Gasteiger partial charge >= 0.3 is 0 Å². The lowest BCUT2D eigenvalue weighted by Gasteiger charge is -2.24. The molecule has 0 aliphatic rings. The van der Waals surface area contributed by atoms with Crippen LogP contribution >= 0.6 is 0 Å². The third-order valence-electron chi connectivity index (χ3n) is 4.95. The summed E-state index contributed by atoms with van der Waals surface area (Å²) in [5.41, 5.74) is 1.85. The molecule has 3 rings (SSSR count). The van der Waals surface area contributed by atoms with E-state index in [4.69, 9.17) is 9.26 Å². The number of amides is 1. The van der Waals surface area contributed by atoms with Crippen molar-refractivity contribution in [3.8, 4) is 5.75 Å². The molecule has 2 aromatic heterocycles. The highest BCUT2D eigenvalue weighted by Gasteiger charge is 2.27. The van der Waals surface area contributed by atoms with Crippen LogP contribution in [0.3, 0.4) is 0 Å². The molecule has 1 aromatic carbocycles. The first-order valence-electron chi connectivity index (χ1n) is 9.83. The molecule has 0 fully saturated rings. The molecule has 7 heteroatoms. The Balaban J connectivity index is 1.86. The van der Waals surface area contributed by atoms with E-state index in [1.807, 2.05) is 6.92 Å². The summed E-state index contributed by atoms with van der Waals surface area (Å²) in [6.07, 6.45) is 3.57. The van der Waals surface area contributed by atoms with E-state index < -0.39 is 11.7 Å². The normalized spacial score (nSPS) is 12.1. The van der Waals surface area contributed by atoms with Crippen molar-refractivity contribution in [2.75, 3.05) is 13.7 Å². The summed E-state index contributed by atoms with van der Waals surface area (Å²) >= 11 is 0. The van der Waals surface area contributed by atoms with E-state index in [2.05, 4.69) is 24.0 Å². The first-order chi connectivity index (χ1) is 13.9. The Kier molecular flexibility index (Phi) is 6.36. The summed E-state index contributed by atoms with van der Waals surface area (Å²) in [6, 6.07) is 7.15. The number of ether oxygens (including phenoxy) is 1.